The molecule has 0 aliphatic rings. The van der Waals surface area contributed by atoms with Gasteiger partial charge in [0.05, 0.1) is 9.79 Å². The summed E-state index contributed by atoms with van der Waals surface area (Å²) in [7, 11) is -8.67. The first kappa shape index (κ1) is 50.0. The predicted molar refractivity (Wildman–Crippen MR) is 213 cm³/mol. The van der Waals surface area contributed by atoms with Gasteiger partial charge in [0, 0.05) is 0 Å². The van der Waals surface area contributed by atoms with Crippen LogP contribution in [0.2, 0.25) is 0 Å². The summed E-state index contributed by atoms with van der Waals surface area (Å²) in [4.78, 5) is -0.223. The fraction of sp³-hybridized carbons (Fsp3) is 0.714. The maximum absolute atomic E-state index is 11.0. The Kier molecular flexibility index (Phi) is 31.8. The molecule has 2 aromatic carbocycles. The zero-order valence-electron chi connectivity index (χ0n) is 32.4. The molecule has 0 saturated heterocycles. The van der Waals surface area contributed by atoms with Crippen LogP contribution in [0.1, 0.15) is 192 Å². The van der Waals surface area contributed by atoms with Crippen LogP contribution in [0.4, 0.5) is 0 Å². The summed E-state index contributed by atoms with van der Waals surface area (Å²) < 4.78 is 66.1. The van der Waals surface area contributed by atoms with Gasteiger partial charge in [0.25, 0.3) is 0 Å². The maximum atomic E-state index is 11.0. The van der Waals surface area contributed by atoms with Gasteiger partial charge >= 0.3 is 23.1 Å². The largest absolute Gasteiger partial charge is 2.00 e. The van der Waals surface area contributed by atoms with Gasteiger partial charge in [-0.15, -0.1) is 0 Å². The van der Waals surface area contributed by atoms with Crippen molar-refractivity contribution in [3.63, 3.8) is 0 Å². The number of rotatable bonds is 30. The molecule has 0 N–H and O–H groups in total. The Bertz CT molecular complexity index is 1210. The second-order valence-corrected chi connectivity index (χ2v) is 16.9. The number of benzene rings is 2. The first-order valence-corrected chi connectivity index (χ1v) is 23.0. The fourth-order valence-corrected chi connectivity index (χ4v) is 7.49. The molecule has 0 aromatic heterocycles. The minimum absolute atomic E-state index is 0. The van der Waals surface area contributed by atoms with E-state index in [1.165, 1.54) is 178 Å². The smallest absolute Gasteiger partial charge is 0.744 e. The van der Waals surface area contributed by atoms with Gasteiger partial charge in [-0.25, -0.2) is 16.8 Å². The minimum Gasteiger partial charge on any atom is -0.744 e. The van der Waals surface area contributed by atoms with Crippen LogP contribution < -0.4 is 0 Å². The third-order valence-corrected chi connectivity index (χ3v) is 11.2. The molecule has 6 nitrogen and oxygen atoms in total. The Morgan fingerprint density at radius 3 is 0.863 bits per heavy atom. The Labute approximate surface area is 330 Å². The van der Waals surface area contributed by atoms with Gasteiger partial charge in [-0.05, 0) is 61.1 Å². The Morgan fingerprint density at radius 1 is 0.392 bits per heavy atom. The molecule has 51 heavy (non-hydrogen) atoms. The van der Waals surface area contributed by atoms with E-state index in [4.69, 9.17) is 0 Å². The van der Waals surface area contributed by atoms with Gasteiger partial charge in [0.2, 0.25) is 0 Å². The van der Waals surface area contributed by atoms with Crippen molar-refractivity contribution in [1.29, 1.82) is 0 Å². The third kappa shape index (κ3) is 29.1. The summed E-state index contributed by atoms with van der Waals surface area (Å²) in [5, 5.41) is 0. The fourth-order valence-electron chi connectivity index (χ4n) is 6.41. The zero-order valence-corrected chi connectivity index (χ0v) is 35.4. The molecule has 0 spiro atoms. The van der Waals surface area contributed by atoms with Crippen molar-refractivity contribution < 1.29 is 25.9 Å². The van der Waals surface area contributed by atoms with E-state index in [1.54, 1.807) is 12.1 Å². The van der Waals surface area contributed by atoms with E-state index in [2.05, 4.69) is 13.8 Å². The molecule has 0 aliphatic heterocycles. The second-order valence-electron chi connectivity index (χ2n) is 14.2. The maximum Gasteiger partial charge on any atom is 2.00 e. The molecule has 0 amide bonds. The quantitative estimate of drug-likeness (QED) is 0.0445. The van der Waals surface area contributed by atoms with Crippen molar-refractivity contribution in [2.45, 2.75) is 203 Å². The summed E-state index contributed by atoms with van der Waals surface area (Å²) in [6.07, 6.45) is 36.0. The molecular weight excluding hydrogens is 689 g/mol. The van der Waals surface area contributed by atoms with Gasteiger partial charge < -0.3 is 9.11 Å². The average Bonchev–Trinajstić information content (AvgIpc) is 3.09. The molecule has 0 aliphatic carbocycles. The Hall–Kier alpha value is -0.974. The molecule has 0 bridgehead atoms. The molecule has 0 atom stereocenters. The molecule has 9 heteroatoms. The van der Waals surface area contributed by atoms with Crippen LogP contribution in [0.5, 0.6) is 0 Å². The number of aryl methyl sites for hydroxylation is 2. The molecule has 2 aromatic rings. The molecule has 0 saturated carbocycles. The zero-order chi connectivity index (χ0) is 36.8. The Balaban J connectivity index is 0.000000962. The first-order chi connectivity index (χ1) is 24.1. The van der Waals surface area contributed by atoms with E-state index in [0.717, 1.165) is 36.8 Å². The molecule has 0 unspecified atom stereocenters. The van der Waals surface area contributed by atoms with Gasteiger partial charge in [-0.1, -0.05) is 192 Å². The van der Waals surface area contributed by atoms with Crippen molar-refractivity contribution in [3.05, 3.63) is 59.7 Å². The number of unbranched alkanes of at least 4 members (excludes halogenated alkanes) is 24. The van der Waals surface area contributed by atoms with Crippen molar-refractivity contribution >= 4 is 43.3 Å². The van der Waals surface area contributed by atoms with Crippen LogP contribution in [0.3, 0.4) is 0 Å². The van der Waals surface area contributed by atoms with Gasteiger partial charge in [0.15, 0.2) is 0 Å². The van der Waals surface area contributed by atoms with Gasteiger partial charge in [-0.3, -0.25) is 0 Å². The van der Waals surface area contributed by atoms with E-state index in [9.17, 15) is 25.9 Å². The van der Waals surface area contributed by atoms with Crippen LogP contribution in [-0.2, 0) is 33.1 Å². The van der Waals surface area contributed by atoms with Crippen molar-refractivity contribution in [2.24, 2.45) is 0 Å². The monoisotopic (exact) mass is 758 g/mol. The van der Waals surface area contributed by atoms with E-state index in [1.807, 2.05) is 12.1 Å². The second kappa shape index (κ2) is 32.5. The number of hydrogen-bond donors (Lipinski definition) is 0. The normalized spacial score (nSPS) is 11.5. The summed E-state index contributed by atoms with van der Waals surface area (Å²) >= 11 is 0. The van der Waals surface area contributed by atoms with Crippen molar-refractivity contribution in [1.82, 2.24) is 0 Å². The summed E-state index contributed by atoms with van der Waals surface area (Å²) in [5.41, 5.74) is 1.89. The van der Waals surface area contributed by atoms with Crippen LogP contribution in [-0.4, -0.2) is 49.0 Å². The molecule has 288 valence electrons. The molecule has 2 rings (SSSR count). The predicted octanol–water partition coefficient (Wildman–Crippen LogP) is 12.1. The van der Waals surface area contributed by atoms with Gasteiger partial charge in [0.1, 0.15) is 20.2 Å². The Morgan fingerprint density at radius 2 is 0.627 bits per heavy atom. The molecule has 0 fully saturated rings. The van der Waals surface area contributed by atoms with Crippen LogP contribution in [0.25, 0.3) is 0 Å². The molecule has 0 heterocycles. The van der Waals surface area contributed by atoms with Crippen molar-refractivity contribution in [3.8, 4) is 0 Å². The third-order valence-electron chi connectivity index (χ3n) is 9.51. The average molecular weight is 759 g/mol. The van der Waals surface area contributed by atoms with E-state index < -0.39 is 20.2 Å². The first-order valence-electron chi connectivity index (χ1n) is 20.2. The van der Waals surface area contributed by atoms with Crippen LogP contribution in [0, 0.1) is 0 Å². The standard InChI is InChI=1S/2C21H36O3S.Mg/c2*1-2-3-4-5-6-7-8-9-10-11-12-13-14-16-20-17-15-18-21(19-20)25(22,23)24;/h2*15,17-19H,2-14,16H2,1H3,(H,22,23,24);/q;;+2/p-2. The minimum atomic E-state index is -4.33. The van der Waals surface area contributed by atoms with Crippen LogP contribution in [0.15, 0.2) is 58.3 Å². The van der Waals surface area contributed by atoms with Crippen LogP contribution >= 0.6 is 0 Å². The van der Waals surface area contributed by atoms with Gasteiger partial charge in [-0.2, -0.15) is 0 Å². The summed E-state index contributed by atoms with van der Waals surface area (Å²) in [6, 6.07) is 12.9. The molecule has 0 radical (unpaired) electrons. The topological polar surface area (TPSA) is 114 Å². The van der Waals surface area contributed by atoms with Crippen molar-refractivity contribution in [2.75, 3.05) is 0 Å². The summed E-state index contributed by atoms with van der Waals surface area (Å²) in [6.45, 7) is 4.52. The number of hydrogen-bond acceptors (Lipinski definition) is 6. The van der Waals surface area contributed by atoms with E-state index >= 15 is 0 Å². The SMILES string of the molecule is CCCCCCCCCCCCCCCc1cccc(S(=O)(=O)[O-])c1.CCCCCCCCCCCCCCCc1cccc(S(=O)(=O)[O-])c1.[Mg+2]. The van der Waals surface area contributed by atoms with E-state index in [-0.39, 0.29) is 32.8 Å². The molecular formula is C42H70MgO6S2. The van der Waals surface area contributed by atoms with E-state index in [0.29, 0.717) is 0 Å². The summed E-state index contributed by atoms with van der Waals surface area (Å²) in [5.74, 6) is 0.